The molecule has 3 rings (SSSR count). The highest BCUT2D eigenvalue weighted by Crippen LogP contribution is 2.33. The van der Waals surface area contributed by atoms with Gasteiger partial charge in [-0.25, -0.2) is 19.7 Å². The highest BCUT2D eigenvalue weighted by Gasteiger charge is 2.23. The van der Waals surface area contributed by atoms with Gasteiger partial charge in [0.15, 0.2) is 10.8 Å². The van der Waals surface area contributed by atoms with E-state index in [1.807, 2.05) is 29.6 Å². The Balaban J connectivity index is 2.33. The molecule has 0 amide bonds. The van der Waals surface area contributed by atoms with Crippen molar-refractivity contribution in [2.24, 2.45) is 0 Å². The molecule has 0 saturated heterocycles. The van der Waals surface area contributed by atoms with Gasteiger partial charge < -0.3 is 5.11 Å². The Morgan fingerprint density at radius 3 is 2.65 bits per heavy atom. The van der Waals surface area contributed by atoms with Crippen LogP contribution in [0.3, 0.4) is 0 Å². The smallest absolute Gasteiger partial charge is 0.339 e. The number of alkyl halides is 1. The first kappa shape index (κ1) is 16.2. The molecule has 0 aliphatic carbocycles. The first-order valence-electron chi connectivity index (χ1n) is 6.46. The van der Waals surface area contributed by atoms with Gasteiger partial charge in [0, 0.05) is 26.9 Å². The lowest BCUT2D eigenvalue weighted by molar-refractivity contribution is 0.0696. The second-order valence-corrected chi connectivity index (χ2v) is 6.78. The van der Waals surface area contributed by atoms with E-state index in [-0.39, 0.29) is 5.56 Å². The zero-order valence-electron chi connectivity index (χ0n) is 11.5. The fraction of sp³-hybridized carbons (Fsp3) is 0.0667. The summed E-state index contributed by atoms with van der Waals surface area (Å²) >= 11 is 8.18. The molecule has 1 aromatic carbocycles. The molecule has 23 heavy (non-hydrogen) atoms. The molecule has 0 bridgehead atoms. The number of benzene rings is 1. The fourth-order valence-electron chi connectivity index (χ4n) is 2.11. The molecule has 0 aliphatic rings. The summed E-state index contributed by atoms with van der Waals surface area (Å²) in [5, 5.41) is 12.4. The van der Waals surface area contributed by atoms with E-state index in [0.29, 0.717) is 33.1 Å². The van der Waals surface area contributed by atoms with E-state index in [1.54, 1.807) is 6.20 Å². The minimum Gasteiger partial charge on any atom is -0.478 e. The third-order valence-corrected chi connectivity index (χ3v) is 5.07. The normalized spacial score (nSPS) is 10.7. The van der Waals surface area contributed by atoms with Crippen LogP contribution in [0.5, 0.6) is 0 Å². The average Bonchev–Trinajstić information content (AvgIpc) is 3.08. The van der Waals surface area contributed by atoms with Gasteiger partial charge in [0.1, 0.15) is 5.56 Å². The van der Waals surface area contributed by atoms with Crippen molar-refractivity contribution in [2.75, 3.05) is 0 Å². The summed E-state index contributed by atoms with van der Waals surface area (Å²) in [5.74, 6) is -0.638. The minimum atomic E-state index is -1.06. The Morgan fingerprint density at radius 2 is 2.04 bits per heavy atom. The molecule has 0 saturated carbocycles. The van der Waals surface area contributed by atoms with Crippen LogP contribution in [0.1, 0.15) is 16.1 Å². The molecule has 0 spiro atoms. The van der Waals surface area contributed by atoms with Crippen LogP contribution >= 0.6 is 43.2 Å². The van der Waals surface area contributed by atoms with E-state index in [4.69, 9.17) is 0 Å². The summed E-state index contributed by atoms with van der Waals surface area (Å²) < 4.78 is 0.770. The maximum Gasteiger partial charge on any atom is 0.339 e. The van der Waals surface area contributed by atoms with Crippen LogP contribution in [0, 0.1) is 0 Å². The van der Waals surface area contributed by atoms with Gasteiger partial charge in [-0.1, -0.05) is 50.1 Å². The second kappa shape index (κ2) is 6.86. The standard InChI is InChI=1S/C15H9Br2N3O2S/c16-7-10-11(15(21)22)12(8-3-1-2-4-9(8)17)20-13(19-10)14-18-5-6-23-14/h1-6H,7H2,(H,21,22). The number of nitrogens with zero attached hydrogens (tertiary/aromatic N) is 3. The van der Waals surface area contributed by atoms with Crippen LogP contribution in [-0.2, 0) is 5.33 Å². The zero-order chi connectivity index (χ0) is 16.4. The number of aromatic nitrogens is 3. The molecule has 0 fully saturated rings. The number of thiazole rings is 1. The van der Waals surface area contributed by atoms with E-state index in [9.17, 15) is 9.90 Å². The predicted octanol–water partition coefficient (Wildman–Crippen LogP) is 4.62. The average molecular weight is 455 g/mol. The van der Waals surface area contributed by atoms with Crippen molar-refractivity contribution in [3.63, 3.8) is 0 Å². The molecule has 0 aliphatic heterocycles. The largest absolute Gasteiger partial charge is 0.478 e. The lowest BCUT2D eigenvalue weighted by atomic mass is 10.0. The van der Waals surface area contributed by atoms with Crippen molar-refractivity contribution in [3.05, 3.63) is 51.6 Å². The Hall–Kier alpha value is -1.64. The number of halogens is 2. The fourth-order valence-corrected chi connectivity index (χ4v) is 3.55. The van der Waals surface area contributed by atoms with Crippen molar-refractivity contribution in [1.29, 1.82) is 0 Å². The van der Waals surface area contributed by atoms with Gasteiger partial charge in [0.25, 0.3) is 0 Å². The maximum absolute atomic E-state index is 11.8. The number of rotatable bonds is 4. The quantitative estimate of drug-likeness (QED) is 0.582. The molecule has 2 heterocycles. The minimum absolute atomic E-state index is 0.0917. The van der Waals surface area contributed by atoms with Crippen LogP contribution in [-0.4, -0.2) is 26.0 Å². The third-order valence-electron chi connectivity index (χ3n) is 3.08. The summed E-state index contributed by atoms with van der Waals surface area (Å²) in [5.41, 5.74) is 1.59. The monoisotopic (exact) mass is 453 g/mol. The number of aromatic carboxylic acids is 1. The van der Waals surface area contributed by atoms with E-state index in [2.05, 4.69) is 46.8 Å². The van der Waals surface area contributed by atoms with Crippen LogP contribution in [0.2, 0.25) is 0 Å². The number of carbonyl (C=O) groups is 1. The maximum atomic E-state index is 11.8. The Labute approximate surface area is 152 Å². The highest BCUT2D eigenvalue weighted by molar-refractivity contribution is 9.10. The van der Waals surface area contributed by atoms with Gasteiger partial charge in [-0.05, 0) is 6.07 Å². The van der Waals surface area contributed by atoms with Crippen molar-refractivity contribution in [2.45, 2.75) is 5.33 Å². The third kappa shape index (κ3) is 3.19. The molecule has 0 atom stereocenters. The molecule has 1 N–H and O–H groups in total. The Kier molecular flexibility index (Phi) is 4.84. The van der Waals surface area contributed by atoms with Gasteiger partial charge in [-0.3, -0.25) is 0 Å². The molecular weight excluding hydrogens is 446 g/mol. The molecule has 2 aromatic heterocycles. The number of hydrogen-bond acceptors (Lipinski definition) is 5. The van der Waals surface area contributed by atoms with E-state index >= 15 is 0 Å². The summed E-state index contributed by atoms with van der Waals surface area (Å²) in [6.07, 6.45) is 1.67. The molecular formula is C15H9Br2N3O2S. The molecule has 5 nitrogen and oxygen atoms in total. The summed E-state index contributed by atoms with van der Waals surface area (Å²) in [4.78, 5) is 24.8. The van der Waals surface area contributed by atoms with Gasteiger partial charge in [0.05, 0.1) is 11.4 Å². The lowest BCUT2D eigenvalue weighted by Crippen LogP contribution is -2.10. The lowest BCUT2D eigenvalue weighted by Gasteiger charge is -2.12. The molecule has 3 aromatic rings. The molecule has 0 unspecified atom stereocenters. The first-order chi connectivity index (χ1) is 11.1. The summed E-state index contributed by atoms with van der Waals surface area (Å²) in [6.45, 7) is 0. The van der Waals surface area contributed by atoms with Crippen molar-refractivity contribution < 1.29 is 9.90 Å². The van der Waals surface area contributed by atoms with Gasteiger partial charge in [0.2, 0.25) is 0 Å². The zero-order valence-corrected chi connectivity index (χ0v) is 15.5. The highest BCUT2D eigenvalue weighted by atomic mass is 79.9. The molecule has 116 valence electrons. The van der Waals surface area contributed by atoms with Crippen LogP contribution < -0.4 is 0 Å². The van der Waals surface area contributed by atoms with Crippen molar-refractivity contribution in [3.8, 4) is 22.1 Å². The van der Waals surface area contributed by atoms with E-state index in [0.717, 1.165) is 4.47 Å². The van der Waals surface area contributed by atoms with E-state index in [1.165, 1.54) is 11.3 Å². The number of hydrogen-bond donors (Lipinski definition) is 1. The van der Waals surface area contributed by atoms with Gasteiger partial charge >= 0.3 is 5.97 Å². The van der Waals surface area contributed by atoms with Crippen LogP contribution in [0.25, 0.3) is 22.1 Å². The number of carboxylic acid groups (broad SMARTS) is 1. The van der Waals surface area contributed by atoms with Crippen molar-refractivity contribution in [1.82, 2.24) is 15.0 Å². The Morgan fingerprint density at radius 1 is 1.26 bits per heavy atom. The Bertz CT molecular complexity index is 869. The van der Waals surface area contributed by atoms with Gasteiger partial charge in [-0.2, -0.15) is 0 Å². The summed E-state index contributed by atoms with van der Waals surface area (Å²) in [7, 11) is 0. The van der Waals surface area contributed by atoms with Crippen molar-refractivity contribution >= 4 is 49.2 Å². The first-order valence-corrected chi connectivity index (χ1v) is 9.26. The number of carboxylic acids is 1. The van der Waals surface area contributed by atoms with Crippen LogP contribution in [0.4, 0.5) is 0 Å². The summed E-state index contributed by atoms with van der Waals surface area (Å²) in [6, 6.07) is 7.37. The van der Waals surface area contributed by atoms with Gasteiger partial charge in [-0.15, -0.1) is 11.3 Å². The van der Waals surface area contributed by atoms with Crippen LogP contribution in [0.15, 0.2) is 40.3 Å². The molecule has 8 heteroatoms. The predicted molar refractivity (Wildman–Crippen MR) is 95.9 cm³/mol. The van der Waals surface area contributed by atoms with E-state index < -0.39 is 5.97 Å². The second-order valence-electron chi connectivity index (χ2n) is 4.47. The molecule has 0 radical (unpaired) electrons. The topological polar surface area (TPSA) is 76.0 Å². The SMILES string of the molecule is O=C(O)c1c(CBr)nc(-c2nccs2)nc1-c1ccccc1Br.